The maximum atomic E-state index is 11.5. The molecule has 38 heavy (non-hydrogen) atoms. The van der Waals surface area contributed by atoms with E-state index in [0.717, 1.165) is 11.1 Å². The van der Waals surface area contributed by atoms with Crippen molar-refractivity contribution in [3.8, 4) is 5.75 Å². The molecule has 0 saturated heterocycles. The van der Waals surface area contributed by atoms with Crippen LogP contribution < -0.4 is 5.30 Å². The number of benzene rings is 1. The van der Waals surface area contributed by atoms with Crippen LogP contribution in [0.4, 0.5) is 0 Å². The molecule has 0 radical (unpaired) electrons. The first-order chi connectivity index (χ1) is 18.4. The molecule has 0 saturated carbocycles. The van der Waals surface area contributed by atoms with Crippen molar-refractivity contribution < 1.29 is 15.0 Å². The second-order valence-electron chi connectivity index (χ2n) is 12.0. The number of hydrogen-bond donors (Lipinski definition) is 2. The molecule has 0 atom stereocenters. The number of rotatable bonds is 25. The van der Waals surface area contributed by atoms with Crippen LogP contribution in [0.3, 0.4) is 0 Å². The average molecular weight is 551 g/mol. The number of carboxylic acid groups (broad SMARTS) is 1. The first kappa shape index (κ1) is 34.9. The second-order valence-corrected chi connectivity index (χ2v) is 16.6. The fraction of sp³-hybridized carbons (Fsp3) is 0.794. The van der Waals surface area contributed by atoms with Crippen molar-refractivity contribution >= 4 is 18.5 Å². The molecule has 0 spiro atoms. The Morgan fingerprint density at radius 3 is 1.45 bits per heavy atom. The van der Waals surface area contributed by atoms with Crippen LogP contribution in [-0.4, -0.2) is 34.7 Å². The molecule has 0 bridgehead atoms. The summed E-state index contributed by atoms with van der Waals surface area (Å²) in [6, 6.07) is 4.28. The van der Waals surface area contributed by atoms with Gasteiger partial charge in [-0.3, -0.25) is 0 Å². The first-order valence-electron chi connectivity index (χ1n) is 16.4. The van der Waals surface area contributed by atoms with Gasteiger partial charge in [0.1, 0.15) is 0 Å². The van der Waals surface area contributed by atoms with Crippen LogP contribution in [0.15, 0.2) is 12.1 Å². The van der Waals surface area contributed by atoms with Crippen molar-refractivity contribution in [2.24, 2.45) is 0 Å². The zero-order valence-corrected chi connectivity index (χ0v) is 26.7. The summed E-state index contributed by atoms with van der Waals surface area (Å²) in [5.74, 6) is -0.217. The van der Waals surface area contributed by atoms with E-state index in [2.05, 4.69) is 26.8 Å². The Hall–Kier alpha value is -1.08. The number of phenolic OH excluding ortho intramolecular Hbond substituents is 1. The van der Waals surface area contributed by atoms with E-state index in [4.69, 9.17) is 0 Å². The molecule has 1 rings (SSSR count). The standard InChI is InChI=1S/C34H63O3P/c1-5-8-11-14-17-20-25-38(26-21-18-15-12-9-6-2,27-22-19-16-13-10-7-3)32-29-31(23-24-33(35)36)28-30(4)34(32)37/h28-29,37-38H,5-27H2,1-4H3,(H,35,36). The number of aliphatic carboxylic acids is 1. The van der Waals surface area contributed by atoms with Gasteiger partial charge in [-0.25, -0.2) is 0 Å². The van der Waals surface area contributed by atoms with Gasteiger partial charge >= 0.3 is 237 Å². The van der Waals surface area contributed by atoms with Crippen molar-refractivity contribution in [2.45, 2.75) is 156 Å². The molecule has 222 valence electrons. The van der Waals surface area contributed by atoms with Crippen molar-refractivity contribution in [1.29, 1.82) is 0 Å². The number of carbonyl (C=O) groups is 1. The molecule has 0 aliphatic carbocycles. The third-order valence-electron chi connectivity index (χ3n) is 8.59. The third kappa shape index (κ3) is 14.3. The van der Waals surface area contributed by atoms with E-state index in [1.807, 2.05) is 13.0 Å². The normalized spacial score (nSPS) is 12.2. The van der Waals surface area contributed by atoms with E-state index in [0.29, 0.717) is 12.2 Å². The minimum atomic E-state index is -1.94. The van der Waals surface area contributed by atoms with Crippen molar-refractivity contribution in [2.75, 3.05) is 18.5 Å². The van der Waals surface area contributed by atoms with Crippen molar-refractivity contribution in [1.82, 2.24) is 0 Å². The van der Waals surface area contributed by atoms with Gasteiger partial charge in [-0.2, -0.15) is 0 Å². The van der Waals surface area contributed by atoms with Gasteiger partial charge in [0.2, 0.25) is 0 Å². The average Bonchev–Trinajstić information content (AvgIpc) is 2.90. The maximum absolute atomic E-state index is 11.5. The molecule has 0 heterocycles. The summed E-state index contributed by atoms with van der Waals surface area (Å²) < 4.78 is 0. The van der Waals surface area contributed by atoms with Gasteiger partial charge in [0.15, 0.2) is 0 Å². The fourth-order valence-corrected chi connectivity index (χ4v) is 11.7. The molecular formula is C34H63O3P. The topological polar surface area (TPSA) is 57.5 Å². The number of phenols is 1. The molecule has 0 aliphatic heterocycles. The molecule has 1 aromatic rings. The summed E-state index contributed by atoms with van der Waals surface area (Å²) in [6.45, 7) is 8.85. The van der Waals surface area contributed by atoms with E-state index < -0.39 is 13.2 Å². The number of aromatic hydroxyl groups is 1. The zero-order valence-electron chi connectivity index (χ0n) is 25.7. The Labute approximate surface area is 236 Å². The molecule has 0 aliphatic rings. The summed E-state index contributed by atoms with van der Waals surface area (Å²) in [6.07, 6.45) is 28.2. The van der Waals surface area contributed by atoms with Crippen LogP contribution in [0.25, 0.3) is 0 Å². The Kier molecular flexibility index (Phi) is 20.0. The van der Waals surface area contributed by atoms with Crippen LogP contribution in [0, 0.1) is 6.92 Å². The van der Waals surface area contributed by atoms with Crippen molar-refractivity contribution in [3.63, 3.8) is 0 Å². The number of unbranched alkanes of at least 4 members (excludes halogenated alkanes) is 15. The van der Waals surface area contributed by atoms with E-state index in [-0.39, 0.29) is 6.42 Å². The van der Waals surface area contributed by atoms with E-state index in [1.165, 1.54) is 139 Å². The molecule has 2 N–H and O–H groups in total. The van der Waals surface area contributed by atoms with Gasteiger partial charge in [-0.15, -0.1) is 0 Å². The molecule has 0 fully saturated rings. The summed E-state index contributed by atoms with van der Waals surface area (Å²) in [4.78, 5) is 11.3. The van der Waals surface area contributed by atoms with Crippen LogP contribution in [0.2, 0.25) is 0 Å². The predicted octanol–water partition coefficient (Wildman–Crippen LogP) is 10.2. The van der Waals surface area contributed by atoms with E-state index in [1.54, 1.807) is 0 Å². The number of hydrogen-bond acceptors (Lipinski definition) is 2. The van der Waals surface area contributed by atoms with Gasteiger partial charge in [-0.05, 0) is 0 Å². The molecule has 0 aromatic heterocycles. The molecular weight excluding hydrogens is 487 g/mol. The Morgan fingerprint density at radius 1 is 0.658 bits per heavy atom. The molecule has 1 aromatic carbocycles. The zero-order chi connectivity index (χ0) is 28.1. The minimum absolute atomic E-state index is 0.157. The molecule has 3 nitrogen and oxygen atoms in total. The van der Waals surface area contributed by atoms with E-state index >= 15 is 0 Å². The summed E-state index contributed by atoms with van der Waals surface area (Å²) in [5.41, 5.74) is 2.04. The van der Waals surface area contributed by atoms with E-state index in [9.17, 15) is 15.0 Å². The van der Waals surface area contributed by atoms with Gasteiger partial charge in [-0.1, -0.05) is 0 Å². The Balaban J connectivity index is 3.20. The number of aryl methyl sites for hydroxylation is 2. The Morgan fingerprint density at radius 2 is 1.05 bits per heavy atom. The van der Waals surface area contributed by atoms with Crippen molar-refractivity contribution in [3.05, 3.63) is 23.3 Å². The van der Waals surface area contributed by atoms with Crippen LogP contribution in [0.5, 0.6) is 5.75 Å². The molecule has 0 amide bonds. The summed E-state index contributed by atoms with van der Waals surface area (Å²) >= 11 is 0. The van der Waals surface area contributed by atoms with Crippen LogP contribution in [-0.2, 0) is 11.2 Å². The van der Waals surface area contributed by atoms with Crippen LogP contribution in [0.1, 0.15) is 154 Å². The monoisotopic (exact) mass is 550 g/mol. The quantitative estimate of drug-likeness (QED) is 0.0940. The SMILES string of the molecule is CCCCCCCC[PH](CCCCCCCC)(CCCCCCCC)c1cc(CCC(=O)O)cc(C)c1O. The number of carboxylic acids is 1. The third-order valence-corrected chi connectivity index (χ3v) is 14.0. The van der Waals surface area contributed by atoms with Gasteiger partial charge in [0.05, 0.1) is 0 Å². The second kappa shape index (κ2) is 21.7. The van der Waals surface area contributed by atoms with Crippen LogP contribution >= 0.6 is 7.26 Å². The summed E-state index contributed by atoms with van der Waals surface area (Å²) in [7, 11) is -1.94. The summed E-state index contributed by atoms with van der Waals surface area (Å²) in [5, 5.41) is 22.0. The van der Waals surface area contributed by atoms with Gasteiger partial charge in [0, 0.05) is 0 Å². The first-order valence-corrected chi connectivity index (χ1v) is 19.1. The fourth-order valence-electron chi connectivity index (χ4n) is 6.16. The Bertz CT molecular complexity index is 705. The van der Waals surface area contributed by atoms with Gasteiger partial charge < -0.3 is 0 Å². The molecule has 0 unspecified atom stereocenters. The van der Waals surface area contributed by atoms with Gasteiger partial charge in [0.25, 0.3) is 0 Å². The predicted molar refractivity (Wildman–Crippen MR) is 171 cm³/mol. The molecule has 4 heteroatoms.